The lowest BCUT2D eigenvalue weighted by molar-refractivity contribution is 1.05. The van der Waals surface area contributed by atoms with Crippen LogP contribution in [0.4, 0.5) is 34.3 Å². The SMILES string of the molecule is c1ccc([Si]2(c3ccccc3)c3ccccc3N(c3cc(N(c4ccc(-c5ccncc5)cc4)c4ccc(-c5ccncc5)cc4)cc(-n4c5ccccc5c5ccccc54)n3)c3ccccc32)cc1. The zero-order chi connectivity index (χ0) is 46.4. The van der Waals surface area contributed by atoms with E-state index in [1.807, 2.05) is 24.8 Å². The third-order valence-corrected chi connectivity index (χ3v) is 18.7. The monoisotopic (exact) mass is 912 g/mol. The maximum atomic E-state index is 5.83. The van der Waals surface area contributed by atoms with E-state index in [0.717, 1.165) is 73.4 Å². The maximum absolute atomic E-state index is 5.83. The van der Waals surface area contributed by atoms with Gasteiger partial charge in [0.25, 0.3) is 0 Å². The van der Waals surface area contributed by atoms with Crippen molar-refractivity contribution in [1.82, 2.24) is 19.5 Å². The standard InChI is InChI=1S/C63H44N6Si/c1-3-15-52(16-4-1)70(53-17-5-2-6-18-53)60-25-13-11-23-58(60)69(59-24-12-14-26-61(59)70)63-44-51(43-62(66-63)68-56-21-9-7-19-54(56)55-20-8-10-22-57(55)68)67(49-31-27-45(28-32-49)47-35-39-64-40-36-47)50-33-29-46(30-34-50)48-37-41-65-42-38-48/h1-44H. The molecule has 0 spiro atoms. The molecule has 0 unspecified atom stereocenters. The average Bonchev–Trinajstić information content (AvgIpc) is 3.78. The molecular weight excluding hydrogens is 869 g/mol. The molecule has 4 aromatic heterocycles. The smallest absolute Gasteiger partial charge is 0.184 e. The minimum Gasteiger partial charge on any atom is -0.310 e. The van der Waals surface area contributed by atoms with E-state index < -0.39 is 8.07 Å². The quantitative estimate of drug-likeness (QED) is 0.135. The number of nitrogens with zero attached hydrogens (tertiary/aromatic N) is 6. The molecule has 0 aliphatic carbocycles. The predicted octanol–water partition coefficient (Wildman–Crippen LogP) is 12.9. The van der Waals surface area contributed by atoms with Gasteiger partial charge in [-0.25, -0.2) is 4.98 Å². The first-order valence-electron chi connectivity index (χ1n) is 23.7. The van der Waals surface area contributed by atoms with Gasteiger partial charge >= 0.3 is 0 Å². The summed E-state index contributed by atoms with van der Waals surface area (Å²) in [4.78, 5) is 19.2. The highest BCUT2D eigenvalue weighted by atomic mass is 28.3. The fraction of sp³-hybridized carbons (Fsp3) is 0. The first kappa shape index (κ1) is 41.0. The number of hydrogen-bond donors (Lipinski definition) is 0. The Kier molecular flexibility index (Phi) is 10.1. The molecule has 0 saturated carbocycles. The van der Waals surface area contributed by atoms with Gasteiger partial charge in [-0.3, -0.25) is 19.4 Å². The van der Waals surface area contributed by atoms with Crippen molar-refractivity contribution < 1.29 is 0 Å². The van der Waals surface area contributed by atoms with Crippen molar-refractivity contribution in [2.24, 2.45) is 0 Å². The van der Waals surface area contributed by atoms with Crippen molar-refractivity contribution in [3.05, 3.63) is 267 Å². The van der Waals surface area contributed by atoms with Crippen LogP contribution in [-0.2, 0) is 0 Å². The van der Waals surface area contributed by atoms with Crippen LogP contribution in [0.25, 0.3) is 49.9 Å². The van der Waals surface area contributed by atoms with Gasteiger partial charge in [-0.05, 0) is 116 Å². The van der Waals surface area contributed by atoms with Gasteiger partial charge in [-0.2, -0.15) is 0 Å². The van der Waals surface area contributed by atoms with E-state index in [0.29, 0.717) is 0 Å². The second kappa shape index (κ2) is 17.2. The summed E-state index contributed by atoms with van der Waals surface area (Å²) in [6, 6.07) is 88.2. The normalized spacial score (nSPS) is 12.7. The molecule has 6 nitrogen and oxygen atoms in total. The number of anilines is 6. The zero-order valence-electron chi connectivity index (χ0n) is 38.1. The Labute approximate surface area is 407 Å². The number of rotatable bonds is 9. The molecule has 0 amide bonds. The molecule has 0 fully saturated rings. The number of fused-ring (bicyclic) bond motifs is 5. The summed E-state index contributed by atoms with van der Waals surface area (Å²) >= 11 is 0. The summed E-state index contributed by atoms with van der Waals surface area (Å²) < 4.78 is 2.34. The molecule has 13 rings (SSSR count). The van der Waals surface area contributed by atoms with E-state index in [-0.39, 0.29) is 0 Å². The molecule has 5 heterocycles. The number of pyridine rings is 3. The lowest BCUT2D eigenvalue weighted by atomic mass is 10.0. The van der Waals surface area contributed by atoms with E-state index in [2.05, 4.69) is 267 Å². The van der Waals surface area contributed by atoms with Crippen molar-refractivity contribution >= 4 is 84.9 Å². The molecule has 0 saturated heterocycles. The number of benzene rings is 8. The first-order valence-corrected chi connectivity index (χ1v) is 25.7. The van der Waals surface area contributed by atoms with Gasteiger partial charge in [0.1, 0.15) is 11.6 Å². The van der Waals surface area contributed by atoms with Gasteiger partial charge in [0, 0.05) is 70.4 Å². The lowest BCUT2D eigenvalue weighted by Gasteiger charge is -2.44. The van der Waals surface area contributed by atoms with Crippen LogP contribution < -0.4 is 30.5 Å². The number of hydrogen-bond acceptors (Lipinski definition) is 5. The van der Waals surface area contributed by atoms with Gasteiger partial charge in [-0.15, -0.1) is 0 Å². The second-order valence-corrected chi connectivity index (χ2v) is 21.4. The Morgan fingerprint density at radius 2 is 0.743 bits per heavy atom. The van der Waals surface area contributed by atoms with Crippen LogP contribution >= 0.6 is 0 Å². The minimum atomic E-state index is -2.89. The number of aromatic nitrogens is 4. The Bertz CT molecular complexity index is 3600. The van der Waals surface area contributed by atoms with Crippen LogP contribution in [0.3, 0.4) is 0 Å². The molecule has 0 N–H and O–H groups in total. The summed E-state index contributed by atoms with van der Waals surface area (Å²) in [7, 11) is -2.89. The van der Waals surface area contributed by atoms with Crippen molar-refractivity contribution in [2.45, 2.75) is 0 Å². The number of para-hydroxylation sites is 4. The van der Waals surface area contributed by atoms with E-state index in [9.17, 15) is 0 Å². The van der Waals surface area contributed by atoms with E-state index >= 15 is 0 Å². The second-order valence-electron chi connectivity index (χ2n) is 17.7. The highest BCUT2D eigenvalue weighted by Crippen LogP contribution is 2.44. The topological polar surface area (TPSA) is 50.1 Å². The largest absolute Gasteiger partial charge is 0.310 e. The van der Waals surface area contributed by atoms with Crippen molar-refractivity contribution in [3.63, 3.8) is 0 Å². The maximum Gasteiger partial charge on any atom is 0.184 e. The Morgan fingerprint density at radius 1 is 0.343 bits per heavy atom. The molecular formula is C63H44N6Si. The zero-order valence-corrected chi connectivity index (χ0v) is 39.1. The first-order chi connectivity index (χ1) is 34.7. The van der Waals surface area contributed by atoms with Crippen LogP contribution in [0, 0.1) is 0 Å². The Balaban J connectivity index is 1.09. The van der Waals surface area contributed by atoms with Crippen molar-refractivity contribution in [1.29, 1.82) is 0 Å². The van der Waals surface area contributed by atoms with Gasteiger partial charge in [0.05, 0.1) is 16.7 Å². The van der Waals surface area contributed by atoms with E-state index in [1.165, 1.54) is 31.5 Å². The van der Waals surface area contributed by atoms with E-state index in [4.69, 9.17) is 4.98 Å². The molecule has 330 valence electrons. The molecule has 70 heavy (non-hydrogen) atoms. The highest BCUT2D eigenvalue weighted by molar-refractivity contribution is 7.21. The molecule has 1 aliphatic heterocycles. The highest BCUT2D eigenvalue weighted by Gasteiger charge is 2.49. The summed E-state index contributed by atoms with van der Waals surface area (Å²) in [5.41, 5.74) is 11.9. The van der Waals surface area contributed by atoms with Crippen molar-refractivity contribution in [3.8, 4) is 28.1 Å². The van der Waals surface area contributed by atoms with Gasteiger partial charge in [0.15, 0.2) is 8.07 Å². The molecule has 1 aliphatic rings. The molecule has 8 aromatic carbocycles. The fourth-order valence-electron chi connectivity index (χ4n) is 10.8. The average molecular weight is 913 g/mol. The summed E-state index contributed by atoms with van der Waals surface area (Å²) in [6.45, 7) is 0. The van der Waals surface area contributed by atoms with E-state index in [1.54, 1.807) is 0 Å². The molecule has 0 radical (unpaired) electrons. The molecule has 12 aromatic rings. The summed E-state index contributed by atoms with van der Waals surface area (Å²) in [5.74, 6) is 1.62. The summed E-state index contributed by atoms with van der Waals surface area (Å²) in [6.07, 6.45) is 7.38. The van der Waals surface area contributed by atoms with Crippen LogP contribution in [0.5, 0.6) is 0 Å². The predicted molar refractivity (Wildman–Crippen MR) is 292 cm³/mol. The third kappa shape index (κ3) is 6.74. The van der Waals surface area contributed by atoms with Gasteiger partial charge in [0.2, 0.25) is 0 Å². The van der Waals surface area contributed by atoms with Crippen LogP contribution in [0.15, 0.2) is 267 Å². The summed E-state index contributed by atoms with van der Waals surface area (Å²) in [5, 5.41) is 7.66. The minimum absolute atomic E-state index is 0.810. The van der Waals surface area contributed by atoms with Gasteiger partial charge in [-0.1, -0.05) is 158 Å². The lowest BCUT2D eigenvalue weighted by Crippen LogP contribution is -2.77. The Hall–Kier alpha value is -9.17. The third-order valence-electron chi connectivity index (χ3n) is 13.9. The van der Waals surface area contributed by atoms with Crippen LogP contribution in [0.1, 0.15) is 0 Å². The van der Waals surface area contributed by atoms with Gasteiger partial charge < -0.3 is 4.90 Å². The van der Waals surface area contributed by atoms with Crippen LogP contribution in [-0.4, -0.2) is 27.6 Å². The van der Waals surface area contributed by atoms with Crippen LogP contribution in [0.2, 0.25) is 0 Å². The van der Waals surface area contributed by atoms with Crippen molar-refractivity contribution in [2.75, 3.05) is 9.80 Å². The fourth-order valence-corrected chi connectivity index (χ4v) is 15.9. The molecule has 0 bridgehead atoms. The molecule has 0 atom stereocenters. The Morgan fingerprint density at radius 3 is 1.23 bits per heavy atom. The molecule has 7 heteroatoms.